The normalized spacial score (nSPS) is 42.0. The Morgan fingerprint density at radius 1 is 1.19 bits per heavy atom. The van der Waals surface area contributed by atoms with E-state index < -0.39 is 11.9 Å². The fourth-order valence-electron chi connectivity index (χ4n) is 4.46. The van der Waals surface area contributed by atoms with E-state index in [-0.39, 0.29) is 17.9 Å². The molecule has 1 aliphatic carbocycles. The molecule has 4 fully saturated rings. The molecule has 0 aromatic carbocycles. The van der Waals surface area contributed by atoms with Gasteiger partial charge in [0.2, 0.25) is 5.91 Å². The maximum Gasteiger partial charge on any atom is 0.307 e. The van der Waals surface area contributed by atoms with Crippen LogP contribution < -0.4 is 5.32 Å². The van der Waals surface area contributed by atoms with E-state index >= 15 is 0 Å². The molecule has 21 heavy (non-hydrogen) atoms. The van der Waals surface area contributed by atoms with Crippen LogP contribution in [0.1, 0.15) is 39.0 Å². The van der Waals surface area contributed by atoms with Crippen molar-refractivity contribution in [3.05, 3.63) is 0 Å². The van der Waals surface area contributed by atoms with E-state index in [0.29, 0.717) is 18.3 Å². The van der Waals surface area contributed by atoms with Crippen molar-refractivity contribution < 1.29 is 14.7 Å². The Morgan fingerprint density at radius 2 is 1.86 bits per heavy atom. The van der Waals surface area contributed by atoms with Crippen molar-refractivity contribution in [2.75, 3.05) is 19.6 Å². The minimum Gasteiger partial charge on any atom is -0.481 e. The van der Waals surface area contributed by atoms with Gasteiger partial charge in [0, 0.05) is 12.6 Å². The van der Waals surface area contributed by atoms with Gasteiger partial charge in [0.05, 0.1) is 11.8 Å². The van der Waals surface area contributed by atoms with Crippen LogP contribution in [0.25, 0.3) is 0 Å². The minimum absolute atomic E-state index is 0.0166. The third-order valence-electron chi connectivity index (χ3n) is 5.88. The number of nitrogens with one attached hydrogen (secondary N) is 1. The van der Waals surface area contributed by atoms with Crippen LogP contribution >= 0.6 is 0 Å². The Kier molecular flexibility index (Phi) is 4.20. The summed E-state index contributed by atoms with van der Waals surface area (Å²) in [5.41, 5.74) is 0. The van der Waals surface area contributed by atoms with Gasteiger partial charge in [-0.2, -0.15) is 0 Å². The van der Waals surface area contributed by atoms with Crippen LogP contribution in [0.5, 0.6) is 0 Å². The van der Waals surface area contributed by atoms with Crippen LogP contribution in [0, 0.1) is 23.7 Å². The van der Waals surface area contributed by atoms with Crippen LogP contribution in [-0.2, 0) is 9.59 Å². The van der Waals surface area contributed by atoms with Crippen molar-refractivity contribution in [3.8, 4) is 0 Å². The Hall–Kier alpha value is -1.10. The zero-order valence-corrected chi connectivity index (χ0v) is 12.8. The molecule has 4 rings (SSSR count). The number of carbonyl (C=O) groups excluding carboxylic acids is 1. The van der Waals surface area contributed by atoms with Gasteiger partial charge < -0.3 is 15.3 Å². The molecule has 3 heterocycles. The molecule has 0 aromatic heterocycles. The molecule has 1 amide bonds. The molecule has 4 aliphatic rings. The zero-order valence-electron chi connectivity index (χ0n) is 12.8. The number of carbonyl (C=O) groups is 2. The Bertz CT molecular complexity index is 418. The van der Waals surface area contributed by atoms with Gasteiger partial charge in [0.15, 0.2) is 0 Å². The van der Waals surface area contributed by atoms with Crippen molar-refractivity contribution >= 4 is 11.9 Å². The van der Waals surface area contributed by atoms with Crippen LogP contribution in [0.2, 0.25) is 0 Å². The first-order valence-electron chi connectivity index (χ1n) is 8.34. The fraction of sp³-hybridized carbons (Fsp3) is 0.875. The summed E-state index contributed by atoms with van der Waals surface area (Å²) in [6.45, 7) is 5.32. The number of piperidine rings is 3. The smallest absolute Gasteiger partial charge is 0.307 e. The van der Waals surface area contributed by atoms with Crippen molar-refractivity contribution in [3.63, 3.8) is 0 Å². The number of aliphatic carboxylic acids is 1. The second-order valence-electron chi connectivity index (χ2n) is 7.05. The first-order valence-corrected chi connectivity index (χ1v) is 8.34. The summed E-state index contributed by atoms with van der Waals surface area (Å²) >= 11 is 0. The number of hydrogen-bond donors (Lipinski definition) is 2. The average molecular weight is 294 g/mol. The van der Waals surface area contributed by atoms with Crippen molar-refractivity contribution in [2.24, 2.45) is 23.7 Å². The maximum atomic E-state index is 12.6. The predicted octanol–water partition coefficient (Wildman–Crippen LogP) is 1.33. The van der Waals surface area contributed by atoms with Crippen LogP contribution in [0.3, 0.4) is 0 Å². The van der Waals surface area contributed by atoms with Crippen molar-refractivity contribution in [1.29, 1.82) is 0 Å². The zero-order chi connectivity index (χ0) is 15.0. The predicted molar refractivity (Wildman–Crippen MR) is 78.7 cm³/mol. The Balaban J connectivity index is 1.63. The number of amides is 1. The lowest BCUT2D eigenvalue weighted by Gasteiger charge is -2.45. The standard InChI is InChI=1S/C16H26N2O3/c1-2-10-7-12(13(8-10)16(20)21)15(19)17-14-9-18-5-3-11(14)4-6-18/h10-14H,2-9H2,1H3,(H,17,19)(H,20,21)/t10?,12-,13+,14?/m0/s1. The van der Waals surface area contributed by atoms with E-state index in [0.717, 1.165) is 45.3 Å². The second-order valence-corrected chi connectivity index (χ2v) is 7.05. The number of carboxylic acid groups (broad SMARTS) is 1. The van der Waals surface area contributed by atoms with Gasteiger partial charge in [0.25, 0.3) is 0 Å². The van der Waals surface area contributed by atoms with Gasteiger partial charge in [0.1, 0.15) is 0 Å². The first kappa shape index (κ1) is 14.8. The molecule has 4 atom stereocenters. The summed E-state index contributed by atoms with van der Waals surface area (Å²) < 4.78 is 0. The monoisotopic (exact) mass is 294 g/mol. The van der Waals surface area contributed by atoms with E-state index in [9.17, 15) is 14.7 Å². The summed E-state index contributed by atoms with van der Waals surface area (Å²) in [6.07, 6.45) is 4.68. The minimum atomic E-state index is -0.806. The molecule has 3 aliphatic heterocycles. The Morgan fingerprint density at radius 3 is 2.38 bits per heavy atom. The molecule has 5 heteroatoms. The van der Waals surface area contributed by atoms with E-state index in [1.54, 1.807) is 0 Å². The van der Waals surface area contributed by atoms with Crippen molar-refractivity contribution in [1.82, 2.24) is 10.2 Å². The highest BCUT2D eigenvalue weighted by atomic mass is 16.4. The number of carboxylic acids is 1. The second kappa shape index (κ2) is 5.95. The molecule has 2 unspecified atom stereocenters. The third kappa shape index (κ3) is 2.93. The summed E-state index contributed by atoms with van der Waals surface area (Å²) in [5, 5.41) is 12.5. The quantitative estimate of drug-likeness (QED) is 0.821. The molecular weight excluding hydrogens is 268 g/mol. The number of fused-ring (bicyclic) bond motifs is 3. The van der Waals surface area contributed by atoms with Crippen LogP contribution in [0.4, 0.5) is 0 Å². The van der Waals surface area contributed by atoms with Crippen molar-refractivity contribution in [2.45, 2.75) is 45.1 Å². The Labute approximate surface area is 126 Å². The molecule has 118 valence electrons. The lowest BCUT2D eigenvalue weighted by molar-refractivity contribution is -0.146. The van der Waals surface area contributed by atoms with Gasteiger partial charge in [-0.05, 0) is 50.6 Å². The summed E-state index contributed by atoms with van der Waals surface area (Å²) in [6, 6.07) is 0.232. The first-order chi connectivity index (χ1) is 10.1. The van der Waals surface area contributed by atoms with Gasteiger partial charge >= 0.3 is 5.97 Å². The highest BCUT2D eigenvalue weighted by Gasteiger charge is 2.43. The number of nitrogens with zero attached hydrogens (tertiary/aromatic N) is 1. The molecule has 0 radical (unpaired) electrons. The number of rotatable bonds is 4. The van der Waals surface area contributed by atoms with E-state index in [2.05, 4.69) is 17.1 Å². The lowest BCUT2D eigenvalue weighted by Crippen LogP contribution is -2.58. The maximum absolute atomic E-state index is 12.6. The summed E-state index contributed by atoms with van der Waals surface area (Å²) in [7, 11) is 0. The molecule has 1 saturated carbocycles. The molecule has 2 bridgehead atoms. The fourth-order valence-corrected chi connectivity index (χ4v) is 4.46. The molecule has 3 saturated heterocycles. The molecule has 0 aromatic rings. The summed E-state index contributed by atoms with van der Waals surface area (Å²) in [5.74, 6) is -0.671. The molecule has 0 spiro atoms. The SMILES string of the molecule is CCC1C[C@H](C(=O)NC2CN3CCC2CC3)[C@H](C(=O)O)C1. The van der Waals surface area contributed by atoms with Gasteiger partial charge in [-0.3, -0.25) is 9.59 Å². The topological polar surface area (TPSA) is 69.6 Å². The highest BCUT2D eigenvalue weighted by Crippen LogP contribution is 2.39. The van der Waals surface area contributed by atoms with Gasteiger partial charge in [-0.25, -0.2) is 0 Å². The lowest BCUT2D eigenvalue weighted by atomic mass is 9.83. The van der Waals surface area contributed by atoms with Crippen LogP contribution in [-0.4, -0.2) is 47.6 Å². The average Bonchev–Trinajstić information content (AvgIpc) is 2.93. The van der Waals surface area contributed by atoms with Gasteiger partial charge in [-0.1, -0.05) is 13.3 Å². The molecular formula is C16H26N2O3. The highest BCUT2D eigenvalue weighted by molar-refractivity contribution is 5.85. The molecule has 5 nitrogen and oxygen atoms in total. The van der Waals surface area contributed by atoms with Crippen LogP contribution in [0.15, 0.2) is 0 Å². The van der Waals surface area contributed by atoms with Gasteiger partial charge in [-0.15, -0.1) is 0 Å². The van der Waals surface area contributed by atoms with E-state index in [4.69, 9.17) is 0 Å². The van der Waals surface area contributed by atoms with E-state index in [1.807, 2.05) is 0 Å². The number of hydrogen-bond acceptors (Lipinski definition) is 3. The summed E-state index contributed by atoms with van der Waals surface area (Å²) in [4.78, 5) is 26.4. The molecule has 2 N–H and O–H groups in total. The third-order valence-corrected chi connectivity index (χ3v) is 5.88. The van der Waals surface area contributed by atoms with E-state index in [1.165, 1.54) is 0 Å². The largest absolute Gasteiger partial charge is 0.481 e.